The lowest BCUT2D eigenvalue weighted by molar-refractivity contribution is 0.418. The molecule has 1 N–H and O–H groups in total. The van der Waals surface area contributed by atoms with E-state index in [0.29, 0.717) is 5.76 Å². The van der Waals surface area contributed by atoms with E-state index in [-0.39, 0.29) is 5.76 Å². The second-order valence-electron chi connectivity index (χ2n) is 3.35. The summed E-state index contributed by atoms with van der Waals surface area (Å²) in [4.78, 5) is 0. The Kier molecular flexibility index (Phi) is 2.59. The number of rotatable bonds is 2. The molecule has 76 valence electrons. The van der Waals surface area contributed by atoms with E-state index < -0.39 is 0 Å². The fourth-order valence-electron chi connectivity index (χ4n) is 1.39. The fraction of sp³-hybridized carbons (Fsp3) is 0.0769. The van der Waals surface area contributed by atoms with Crippen LogP contribution < -0.4 is 0 Å². The minimum absolute atomic E-state index is 0.240. The molecule has 1 heterocycles. The number of hydrogen-bond donors (Lipinski definition) is 1. The SMILES string of the molecule is C/C(O)=C/c1ccc(-c2ccccc2)o1. The van der Waals surface area contributed by atoms with Crippen LogP contribution in [-0.4, -0.2) is 5.11 Å². The fourth-order valence-corrected chi connectivity index (χ4v) is 1.39. The maximum absolute atomic E-state index is 9.09. The molecule has 2 rings (SSSR count). The van der Waals surface area contributed by atoms with Crippen LogP contribution in [0.1, 0.15) is 12.7 Å². The predicted molar refractivity (Wildman–Crippen MR) is 60.4 cm³/mol. The zero-order valence-corrected chi connectivity index (χ0v) is 8.47. The number of aliphatic hydroxyl groups is 1. The number of allylic oxidation sites excluding steroid dienone is 1. The largest absolute Gasteiger partial charge is 0.512 e. The van der Waals surface area contributed by atoms with E-state index in [2.05, 4.69) is 0 Å². The van der Waals surface area contributed by atoms with Crippen molar-refractivity contribution in [1.82, 2.24) is 0 Å². The second kappa shape index (κ2) is 4.05. The van der Waals surface area contributed by atoms with Crippen molar-refractivity contribution in [3.63, 3.8) is 0 Å². The molecule has 2 heteroatoms. The summed E-state index contributed by atoms with van der Waals surface area (Å²) in [5.74, 6) is 1.71. The van der Waals surface area contributed by atoms with Crippen molar-refractivity contribution in [1.29, 1.82) is 0 Å². The highest BCUT2D eigenvalue weighted by Gasteiger charge is 2.02. The molecule has 1 aromatic carbocycles. The number of furan rings is 1. The normalized spacial score (nSPS) is 11.7. The third-order valence-corrected chi connectivity index (χ3v) is 2.04. The lowest BCUT2D eigenvalue weighted by atomic mass is 10.2. The molecule has 0 saturated heterocycles. The van der Waals surface area contributed by atoms with Crippen molar-refractivity contribution < 1.29 is 9.52 Å². The Morgan fingerprint density at radius 2 is 1.87 bits per heavy atom. The van der Waals surface area contributed by atoms with Gasteiger partial charge in [0.25, 0.3) is 0 Å². The Bertz CT molecular complexity index is 462. The van der Waals surface area contributed by atoms with Crippen molar-refractivity contribution >= 4 is 6.08 Å². The standard InChI is InChI=1S/C13H12O2/c1-10(14)9-12-7-8-13(15-12)11-5-3-2-4-6-11/h2-9,14H,1H3/b10-9-. The summed E-state index contributed by atoms with van der Waals surface area (Å²) in [5.41, 5.74) is 1.03. The first-order valence-electron chi connectivity index (χ1n) is 4.78. The van der Waals surface area contributed by atoms with Gasteiger partial charge in [-0.05, 0) is 19.1 Å². The van der Waals surface area contributed by atoms with Crippen molar-refractivity contribution in [3.8, 4) is 11.3 Å². The van der Waals surface area contributed by atoms with E-state index in [9.17, 15) is 0 Å². The summed E-state index contributed by atoms with van der Waals surface area (Å²) in [6.45, 7) is 1.62. The molecule has 0 fully saturated rings. The molecule has 2 nitrogen and oxygen atoms in total. The van der Waals surface area contributed by atoms with Crippen molar-refractivity contribution in [2.45, 2.75) is 6.92 Å². The molecular weight excluding hydrogens is 188 g/mol. The highest BCUT2D eigenvalue weighted by molar-refractivity contribution is 5.59. The summed E-state index contributed by atoms with van der Waals surface area (Å²) in [5, 5.41) is 9.09. The molecule has 0 unspecified atom stereocenters. The van der Waals surface area contributed by atoms with Crippen LogP contribution in [0, 0.1) is 0 Å². The minimum atomic E-state index is 0.240. The molecular formula is C13H12O2. The number of aliphatic hydroxyl groups excluding tert-OH is 1. The van der Waals surface area contributed by atoms with Gasteiger partial charge in [0.15, 0.2) is 0 Å². The van der Waals surface area contributed by atoms with Gasteiger partial charge in [-0.1, -0.05) is 30.3 Å². The Balaban J connectivity index is 2.32. The van der Waals surface area contributed by atoms with Crippen LogP contribution >= 0.6 is 0 Å². The molecule has 0 amide bonds. The topological polar surface area (TPSA) is 33.4 Å². The van der Waals surface area contributed by atoms with Gasteiger partial charge in [-0.25, -0.2) is 0 Å². The van der Waals surface area contributed by atoms with Crippen molar-refractivity contribution in [3.05, 3.63) is 54.0 Å². The molecule has 0 radical (unpaired) electrons. The first-order valence-corrected chi connectivity index (χ1v) is 4.78. The zero-order valence-electron chi connectivity index (χ0n) is 8.47. The van der Waals surface area contributed by atoms with E-state index >= 15 is 0 Å². The summed E-state index contributed by atoms with van der Waals surface area (Å²) < 4.78 is 5.54. The Morgan fingerprint density at radius 1 is 1.13 bits per heavy atom. The van der Waals surface area contributed by atoms with E-state index in [1.165, 1.54) is 0 Å². The molecule has 2 aromatic rings. The van der Waals surface area contributed by atoms with Crippen LogP contribution in [0.3, 0.4) is 0 Å². The maximum atomic E-state index is 9.09. The van der Waals surface area contributed by atoms with Crippen LogP contribution in [0.4, 0.5) is 0 Å². The molecule has 0 atom stereocenters. The highest BCUT2D eigenvalue weighted by atomic mass is 16.3. The van der Waals surface area contributed by atoms with E-state index in [4.69, 9.17) is 9.52 Å². The third-order valence-electron chi connectivity index (χ3n) is 2.04. The van der Waals surface area contributed by atoms with Gasteiger partial charge < -0.3 is 9.52 Å². The summed E-state index contributed by atoms with van der Waals surface area (Å²) >= 11 is 0. The molecule has 0 spiro atoms. The van der Waals surface area contributed by atoms with Gasteiger partial charge in [0.2, 0.25) is 0 Å². The summed E-state index contributed by atoms with van der Waals surface area (Å²) in [6.07, 6.45) is 1.59. The molecule has 0 aliphatic rings. The predicted octanol–water partition coefficient (Wildman–Crippen LogP) is 3.87. The average molecular weight is 200 g/mol. The van der Waals surface area contributed by atoms with Crippen LogP contribution in [-0.2, 0) is 0 Å². The van der Waals surface area contributed by atoms with Crippen LogP contribution in [0.15, 0.2) is 52.6 Å². The monoisotopic (exact) mass is 200 g/mol. The summed E-state index contributed by atoms with van der Waals surface area (Å²) in [7, 11) is 0. The van der Waals surface area contributed by atoms with Gasteiger partial charge in [-0.15, -0.1) is 0 Å². The summed E-state index contributed by atoms with van der Waals surface area (Å²) in [6, 6.07) is 13.6. The van der Waals surface area contributed by atoms with Gasteiger partial charge in [0.1, 0.15) is 11.5 Å². The highest BCUT2D eigenvalue weighted by Crippen LogP contribution is 2.22. The van der Waals surface area contributed by atoms with Crippen LogP contribution in [0.2, 0.25) is 0 Å². The Hall–Kier alpha value is -1.96. The van der Waals surface area contributed by atoms with E-state index in [1.54, 1.807) is 13.0 Å². The average Bonchev–Trinajstić information content (AvgIpc) is 2.67. The Labute approximate surface area is 88.5 Å². The quantitative estimate of drug-likeness (QED) is 0.746. The van der Waals surface area contributed by atoms with Crippen LogP contribution in [0.25, 0.3) is 17.4 Å². The van der Waals surface area contributed by atoms with E-state index in [1.807, 2.05) is 42.5 Å². The lowest BCUT2D eigenvalue weighted by Gasteiger charge is -1.94. The number of benzene rings is 1. The van der Waals surface area contributed by atoms with E-state index in [0.717, 1.165) is 11.3 Å². The van der Waals surface area contributed by atoms with Crippen LogP contribution in [0.5, 0.6) is 0 Å². The minimum Gasteiger partial charge on any atom is -0.512 e. The molecule has 0 saturated carbocycles. The van der Waals surface area contributed by atoms with Gasteiger partial charge in [-0.2, -0.15) is 0 Å². The first-order chi connectivity index (χ1) is 7.25. The van der Waals surface area contributed by atoms with Gasteiger partial charge in [-0.3, -0.25) is 0 Å². The van der Waals surface area contributed by atoms with Gasteiger partial charge in [0, 0.05) is 11.6 Å². The van der Waals surface area contributed by atoms with Crippen molar-refractivity contribution in [2.24, 2.45) is 0 Å². The molecule has 0 aliphatic carbocycles. The van der Waals surface area contributed by atoms with Gasteiger partial charge in [0.05, 0.1) is 5.76 Å². The lowest BCUT2D eigenvalue weighted by Crippen LogP contribution is -1.71. The first kappa shape index (κ1) is 9.59. The van der Waals surface area contributed by atoms with Crippen molar-refractivity contribution in [2.75, 3.05) is 0 Å². The second-order valence-corrected chi connectivity index (χ2v) is 3.35. The Morgan fingerprint density at radius 3 is 2.53 bits per heavy atom. The molecule has 0 bridgehead atoms. The third kappa shape index (κ3) is 2.29. The molecule has 1 aromatic heterocycles. The number of hydrogen-bond acceptors (Lipinski definition) is 2. The maximum Gasteiger partial charge on any atom is 0.134 e. The molecule has 0 aliphatic heterocycles. The zero-order chi connectivity index (χ0) is 10.7. The van der Waals surface area contributed by atoms with Gasteiger partial charge >= 0.3 is 0 Å². The smallest absolute Gasteiger partial charge is 0.134 e. The molecule has 15 heavy (non-hydrogen) atoms.